The average molecular weight is 236 g/mol. The summed E-state index contributed by atoms with van der Waals surface area (Å²) in [5.74, 6) is 5.85. The maximum Gasteiger partial charge on any atom is 0.264 e. The molecule has 0 unspecified atom stereocenters. The topological polar surface area (TPSA) is 97.0 Å². The van der Waals surface area contributed by atoms with E-state index in [4.69, 9.17) is 5.84 Å². The average Bonchev–Trinajstić information content (AvgIpc) is 2.16. The third-order valence-electron chi connectivity index (χ3n) is 1.93. The molecule has 7 nitrogen and oxygen atoms in total. The Balaban J connectivity index is 2.37. The molecule has 8 heteroatoms. The molecular weight excluding hydrogens is 220 g/mol. The predicted octanol–water partition coefficient (Wildman–Crippen LogP) is -1.51. The molecule has 0 bridgehead atoms. The normalized spacial score (nSPS) is 17.5. The number of rotatable bonds is 4. The van der Waals surface area contributed by atoms with Crippen LogP contribution in [0.3, 0.4) is 0 Å². The van der Waals surface area contributed by atoms with E-state index < -0.39 is 10.1 Å². The fraction of sp³-hybridized carbons (Fsp3) is 0.857. The Labute approximate surface area is 89.4 Å². The molecule has 0 radical (unpaired) electrons. The van der Waals surface area contributed by atoms with Gasteiger partial charge in [0.2, 0.25) is 5.96 Å². The van der Waals surface area contributed by atoms with Crippen molar-refractivity contribution in [1.82, 2.24) is 10.3 Å². The fourth-order valence-corrected chi connectivity index (χ4v) is 1.68. The lowest BCUT2D eigenvalue weighted by Gasteiger charge is -2.28. The van der Waals surface area contributed by atoms with Crippen LogP contribution < -0.4 is 11.3 Å². The standard InChI is InChI=1S/C7H16N4O3S/c1-15(12,13)14-6-5-11-4-2-3-9-7(11)10-8/h2-6,8H2,1H3,(H,9,10). The smallest absolute Gasteiger partial charge is 0.264 e. The van der Waals surface area contributed by atoms with Crippen molar-refractivity contribution in [3.05, 3.63) is 0 Å². The third-order valence-corrected chi connectivity index (χ3v) is 2.53. The summed E-state index contributed by atoms with van der Waals surface area (Å²) in [6, 6.07) is 0. The fourth-order valence-electron chi connectivity index (χ4n) is 1.31. The van der Waals surface area contributed by atoms with Gasteiger partial charge in [-0.1, -0.05) is 0 Å². The van der Waals surface area contributed by atoms with E-state index in [-0.39, 0.29) is 6.61 Å². The molecule has 1 heterocycles. The number of nitrogens with zero attached hydrogens (tertiary/aromatic N) is 2. The molecule has 3 N–H and O–H groups in total. The van der Waals surface area contributed by atoms with Crippen molar-refractivity contribution < 1.29 is 12.6 Å². The largest absolute Gasteiger partial charge is 0.339 e. The molecule has 0 saturated heterocycles. The van der Waals surface area contributed by atoms with Gasteiger partial charge >= 0.3 is 0 Å². The summed E-state index contributed by atoms with van der Waals surface area (Å²) < 4.78 is 26.1. The Kier molecular flexibility index (Phi) is 4.30. The Bertz CT molecular complexity index is 327. The molecule has 1 aliphatic heterocycles. The Morgan fingerprint density at radius 2 is 2.40 bits per heavy atom. The Morgan fingerprint density at radius 1 is 1.67 bits per heavy atom. The molecule has 1 aliphatic rings. The molecule has 0 atom stereocenters. The van der Waals surface area contributed by atoms with E-state index in [0.29, 0.717) is 12.5 Å². The number of hydrazine groups is 1. The van der Waals surface area contributed by atoms with Crippen LogP contribution in [0.4, 0.5) is 0 Å². The van der Waals surface area contributed by atoms with Crippen LogP contribution in [0.15, 0.2) is 4.99 Å². The molecule has 0 fully saturated rings. The van der Waals surface area contributed by atoms with Crippen LogP contribution in [0.5, 0.6) is 0 Å². The van der Waals surface area contributed by atoms with Crippen molar-refractivity contribution in [2.45, 2.75) is 6.42 Å². The molecule has 15 heavy (non-hydrogen) atoms. The summed E-state index contributed by atoms with van der Waals surface area (Å²) in [6.07, 6.45) is 1.96. The first kappa shape index (κ1) is 12.2. The van der Waals surface area contributed by atoms with E-state index in [9.17, 15) is 8.42 Å². The maximum atomic E-state index is 10.7. The molecule has 0 amide bonds. The second kappa shape index (κ2) is 5.29. The van der Waals surface area contributed by atoms with Crippen LogP contribution in [0.25, 0.3) is 0 Å². The molecular formula is C7H16N4O3S. The monoisotopic (exact) mass is 236 g/mol. The Hall–Kier alpha value is -0.860. The van der Waals surface area contributed by atoms with Gasteiger partial charge in [-0.05, 0) is 6.42 Å². The molecule has 0 spiro atoms. The van der Waals surface area contributed by atoms with Crippen molar-refractivity contribution in [2.24, 2.45) is 10.8 Å². The van der Waals surface area contributed by atoms with Crippen molar-refractivity contribution >= 4 is 16.1 Å². The summed E-state index contributed by atoms with van der Waals surface area (Å²) in [4.78, 5) is 6.00. The zero-order valence-corrected chi connectivity index (χ0v) is 9.46. The third kappa shape index (κ3) is 4.45. The van der Waals surface area contributed by atoms with Gasteiger partial charge in [-0.25, -0.2) is 5.84 Å². The summed E-state index contributed by atoms with van der Waals surface area (Å²) in [6.45, 7) is 2.11. The SMILES string of the molecule is CS(=O)(=O)OCCN1CCCN=C1NN. The first-order valence-electron chi connectivity index (χ1n) is 4.63. The number of hydrogen-bond acceptors (Lipinski definition) is 7. The minimum absolute atomic E-state index is 0.111. The lowest BCUT2D eigenvalue weighted by atomic mass is 10.3. The van der Waals surface area contributed by atoms with E-state index in [2.05, 4.69) is 14.6 Å². The molecule has 0 aromatic heterocycles. The van der Waals surface area contributed by atoms with Crippen molar-refractivity contribution in [1.29, 1.82) is 0 Å². The zero-order valence-electron chi connectivity index (χ0n) is 8.64. The highest BCUT2D eigenvalue weighted by Crippen LogP contribution is 2.00. The first-order valence-corrected chi connectivity index (χ1v) is 6.45. The molecule has 0 aliphatic carbocycles. The Morgan fingerprint density at radius 3 is 3.00 bits per heavy atom. The van der Waals surface area contributed by atoms with Gasteiger partial charge in [-0.15, -0.1) is 0 Å². The van der Waals surface area contributed by atoms with E-state index in [1.807, 2.05) is 4.90 Å². The van der Waals surface area contributed by atoms with Crippen LogP contribution in [0, 0.1) is 0 Å². The van der Waals surface area contributed by atoms with Gasteiger partial charge < -0.3 is 4.90 Å². The summed E-state index contributed by atoms with van der Waals surface area (Å²) in [5, 5.41) is 0. The van der Waals surface area contributed by atoms with Gasteiger partial charge in [-0.2, -0.15) is 8.42 Å². The van der Waals surface area contributed by atoms with E-state index in [0.717, 1.165) is 25.8 Å². The molecule has 1 rings (SSSR count). The van der Waals surface area contributed by atoms with Crippen LogP contribution >= 0.6 is 0 Å². The molecule has 0 aromatic carbocycles. The van der Waals surface area contributed by atoms with Crippen LogP contribution in [0.2, 0.25) is 0 Å². The first-order chi connectivity index (χ1) is 7.03. The van der Waals surface area contributed by atoms with Crippen molar-refractivity contribution in [3.63, 3.8) is 0 Å². The van der Waals surface area contributed by atoms with Crippen LogP contribution in [0.1, 0.15) is 6.42 Å². The number of hydrogen-bond donors (Lipinski definition) is 2. The molecule has 0 saturated carbocycles. The molecule has 0 aromatic rings. The highest BCUT2D eigenvalue weighted by molar-refractivity contribution is 7.85. The van der Waals surface area contributed by atoms with Gasteiger partial charge in [0.05, 0.1) is 12.9 Å². The van der Waals surface area contributed by atoms with Gasteiger partial charge in [0.1, 0.15) is 0 Å². The van der Waals surface area contributed by atoms with E-state index >= 15 is 0 Å². The van der Waals surface area contributed by atoms with Crippen molar-refractivity contribution in [3.8, 4) is 0 Å². The molecule has 88 valence electrons. The highest BCUT2D eigenvalue weighted by Gasteiger charge is 2.14. The van der Waals surface area contributed by atoms with Gasteiger partial charge in [0.15, 0.2) is 0 Å². The highest BCUT2D eigenvalue weighted by atomic mass is 32.2. The van der Waals surface area contributed by atoms with Crippen LogP contribution in [-0.2, 0) is 14.3 Å². The lowest BCUT2D eigenvalue weighted by Crippen LogP contribution is -2.48. The number of aliphatic imine (C=N–C) groups is 1. The van der Waals surface area contributed by atoms with Gasteiger partial charge in [0, 0.05) is 19.6 Å². The predicted molar refractivity (Wildman–Crippen MR) is 56.6 cm³/mol. The minimum atomic E-state index is -3.37. The second-order valence-corrected chi connectivity index (χ2v) is 4.86. The number of nitrogens with one attached hydrogen (secondary N) is 1. The van der Waals surface area contributed by atoms with Gasteiger partial charge in [-0.3, -0.25) is 14.6 Å². The lowest BCUT2D eigenvalue weighted by molar-refractivity contribution is 0.265. The summed E-state index contributed by atoms with van der Waals surface area (Å²) in [5.41, 5.74) is 2.47. The summed E-state index contributed by atoms with van der Waals surface area (Å²) in [7, 11) is -3.37. The zero-order chi connectivity index (χ0) is 11.3. The number of guanidine groups is 1. The minimum Gasteiger partial charge on any atom is -0.339 e. The van der Waals surface area contributed by atoms with E-state index in [1.165, 1.54) is 0 Å². The maximum absolute atomic E-state index is 10.7. The summed E-state index contributed by atoms with van der Waals surface area (Å²) >= 11 is 0. The van der Waals surface area contributed by atoms with Crippen molar-refractivity contribution in [2.75, 3.05) is 32.5 Å². The number of nitrogens with two attached hydrogens (primary N) is 1. The van der Waals surface area contributed by atoms with E-state index in [1.54, 1.807) is 0 Å². The second-order valence-electron chi connectivity index (χ2n) is 3.22. The van der Waals surface area contributed by atoms with Gasteiger partial charge in [0.25, 0.3) is 10.1 Å². The quantitative estimate of drug-likeness (QED) is 0.350. The van der Waals surface area contributed by atoms with Crippen LogP contribution in [-0.4, -0.2) is 51.8 Å².